The number of hydrogen-bond acceptors (Lipinski definition) is 4. The van der Waals surface area contributed by atoms with Gasteiger partial charge >= 0.3 is 0 Å². The van der Waals surface area contributed by atoms with E-state index in [4.69, 9.17) is 5.73 Å². The van der Waals surface area contributed by atoms with Gasteiger partial charge in [-0.3, -0.25) is 9.59 Å². The Hall–Kier alpha value is -2.73. The maximum Gasteiger partial charge on any atom is 0.256 e. The van der Waals surface area contributed by atoms with Crippen molar-refractivity contribution in [2.45, 2.75) is 26.7 Å². The summed E-state index contributed by atoms with van der Waals surface area (Å²) in [6, 6.07) is 12.1. The molecule has 0 saturated carbocycles. The molecule has 1 heterocycles. The monoisotopic (exact) mass is 340 g/mol. The fraction of sp³-hybridized carbons (Fsp3) is 0.316. The number of nitrogens with two attached hydrogens (primary N) is 1. The van der Waals surface area contributed by atoms with Gasteiger partial charge in [-0.2, -0.15) is 0 Å². The zero-order chi connectivity index (χ0) is 18.3. The van der Waals surface area contributed by atoms with Crippen LogP contribution in [-0.4, -0.2) is 23.3 Å². The number of carbonyl (C=O) groups excluding carboxylic acids is 2. The fourth-order valence-corrected chi connectivity index (χ4v) is 2.58. The Morgan fingerprint density at radius 2 is 1.84 bits per heavy atom. The molecule has 1 aromatic heterocycles. The van der Waals surface area contributed by atoms with E-state index in [1.165, 1.54) is 0 Å². The molecule has 6 heteroatoms. The number of hydrogen-bond donors (Lipinski definition) is 3. The number of nitrogens with one attached hydrogen (secondary N) is 2. The first-order valence-electron chi connectivity index (χ1n) is 8.38. The summed E-state index contributed by atoms with van der Waals surface area (Å²) < 4.78 is 0. The molecule has 2 rings (SSSR count). The van der Waals surface area contributed by atoms with E-state index >= 15 is 0 Å². The summed E-state index contributed by atoms with van der Waals surface area (Å²) >= 11 is 0. The van der Waals surface area contributed by atoms with Crippen LogP contribution in [0.5, 0.6) is 0 Å². The van der Waals surface area contributed by atoms with Gasteiger partial charge in [-0.05, 0) is 43.2 Å². The zero-order valence-electron chi connectivity index (χ0n) is 14.6. The van der Waals surface area contributed by atoms with Crippen molar-refractivity contribution in [3.8, 4) is 0 Å². The third-order valence-electron chi connectivity index (χ3n) is 4.52. The molecule has 4 N–H and O–H groups in total. The minimum absolute atomic E-state index is 0.123. The van der Waals surface area contributed by atoms with Crippen LogP contribution < -0.4 is 16.4 Å². The van der Waals surface area contributed by atoms with Crippen molar-refractivity contribution in [1.82, 2.24) is 4.98 Å². The molecule has 132 valence electrons. The molecule has 6 nitrogen and oxygen atoms in total. The van der Waals surface area contributed by atoms with Crippen molar-refractivity contribution in [2.24, 2.45) is 11.1 Å². The van der Waals surface area contributed by atoms with Gasteiger partial charge < -0.3 is 16.4 Å². The Morgan fingerprint density at radius 3 is 2.44 bits per heavy atom. The van der Waals surface area contributed by atoms with E-state index < -0.39 is 5.41 Å². The normalized spacial score (nSPS) is 11.0. The van der Waals surface area contributed by atoms with E-state index in [1.54, 1.807) is 48.7 Å². The van der Waals surface area contributed by atoms with Crippen LogP contribution in [0.15, 0.2) is 48.7 Å². The summed E-state index contributed by atoms with van der Waals surface area (Å²) in [7, 11) is 0. The molecule has 0 atom stereocenters. The standard InChI is InChI=1S/C19H24N4O2/c1-3-19(4-2,13-20)18(25)22-15-9-7-8-14(12-15)17(24)23-16-10-5-6-11-21-16/h5-12H,3-4,13,20H2,1-2H3,(H,22,25)(H,21,23,24). The number of benzene rings is 1. The lowest BCUT2D eigenvalue weighted by Gasteiger charge is -2.28. The second kappa shape index (κ2) is 8.39. The highest BCUT2D eigenvalue weighted by molar-refractivity contribution is 6.05. The molecule has 1 aromatic carbocycles. The molecule has 0 fully saturated rings. The molecule has 0 aliphatic carbocycles. The number of aromatic nitrogens is 1. The predicted octanol–water partition coefficient (Wildman–Crippen LogP) is 3.04. The van der Waals surface area contributed by atoms with E-state index in [1.807, 2.05) is 13.8 Å². The average molecular weight is 340 g/mol. The topological polar surface area (TPSA) is 97.1 Å². The largest absolute Gasteiger partial charge is 0.329 e. The van der Waals surface area contributed by atoms with Crippen molar-refractivity contribution in [1.29, 1.82) is 0 Å². The molecule has 0 radical (unpaired) electrons. The van der Waals surface area contributed by atoms with E-state index in [-0.39, 0.29) is 18.4 Å². The maximum absolute atomic E-state index is 12.6. The number of anilines is 2. The van der Waals surface area contributed by atoms with Gasteiger partial charge in [0.25, 0.3) is 5.91 Å². The number of nitrogens with zero attached hydrogens (tertiary/aromatic N) is 1. The first-order chi connectivity index (χ1) is 12.0. The quantitative estimate of drug-likeness (QED) is 0.721. The van der Waals surface area contributed by atoms with Crippen LogP contribution in [0, 0.1) is 5.41 Å². The predicted molar refractivity (Wildman–Crippen MR) is 99.3 cm³/mol. The summed E-state index contributed by atoms with van der Waals surface area (Å²) in [5, 5.41) is 5.60. The molecular weight excluding hydrogens is 316 g/mol. The molecule has 25 heavy (non-hydrogen) atoms. The lowest BCUT2D eigenvalue weighted by Crippen LogP contribution is -2.41. The SMILES string of the molecule is CCC(CC)(CN)C(=O)Nc1cccc(C(=O)Nc2ccccn2)c1. The molecule has 0 aliphatic rings. The molecule has 0 saturated heterocycles. The van der Waals surface area contributed by atoms with Crippen LogP contribution in [0.1, 0.15) is 37.0 Å². The summed E-state index contributed by atoms with van der Waals surface area (Å²) in [6.07, 6.45) is 2.92. The number of carbonyl (C=O) groups is 2. The highest BCUT2D eigenvalue weighted by atomic mass is 16.2. The lowest BCUT2D eigenvalue weighted by atomic mass is 9.81. The highest BCUT2D eigenvalue weighted by Gasteiger charge is 2.33. The van der Waals surface area contributed by atoms with E-state index in [0.717, 1.165) is 0 Å². The summed E-state index contributed by atoms with van der Waals surface area (Å²) in [5.41, 5.74) is 6.23. The van der Waals surface area contributed by atoms with E-state index in [9.17, 15) is 9.59 Å². The van der Waals surface area contributed by atoms with Gasteiger partial charge in [-0.15, -0.1) is 0 Å². The first kappa shape index (κ1) is 18.6. The van der Waals surface area contributed by atoms with Gasteiger partial charge in [-0.1, -0.05) is 26.0 Å². The van der Waals surface area contributed by atoms with Crippen molar-refractivity contribution >= 4 is 23.3 Å². The van der Waals surface area contributed by atoms with Crippen molar-refractivity contribution in [3.63, 3.8) is 0 Å². The fourth-order valence-electron chi connectivity index (χ4n) is 2.58. The Bertz CT molecular complexity index is 719. The van der Waals surface area contributed by atoms with Crippen LogP contribution >= 0.6 is 0 Å². The summed E-state index contributed by atoms with van der Waals surface area (Å²) in [5.74, 6) is 0.0641. The Balaban J connectivity index is 2.13. The van der Waals surface area contributed by atoms with Gasteiger partial charge in [-0.25, -0.2) is 4.98 Å². The van der Waals surface area contributed by atoms with E-state index in [2.05, 4.69) is 15.6 Å². The molecule has 0 aliphatic heterocycles. The molecule has 2 aromatic rings. The van der Waals surface area contributed by atoms with Crippen LogP contribution in [0.4, 0.5) is 11.5 Å². The summed E-state index contributed by atoms with van der Waals surface area (Å²) in [6.45, 7) is 4.19. The van der Waals surface area contributed by atoms with E-state index in [0.29, 0.717) is 29.9 Å². The molecule has 2 amide bonds. The summed E-state index contributed by atoms with van der Waals surface area (Å²) in [4.78, 5) is 29.0. The third-order valence-corrected chi connectivity index (χ3v) is 4.52. The minimum atomic E-state index is -0.591. The average Bonchev–Trinajstić information content (AvgIpc) is 2.65. The maximum atomic E-state index is 12.6. The highest BCUT2D eigenvalue weighted by Crippen LogP contribution is 2.27. The number of amides is 2. The van der Waals surface area contributed by atoms with Crippen molar-refractivity contribution in [3.05, 3.63) is 54.2 Å². The molecule has 0 spiro atoms. The number of rotatable bonds is 7. The van der Waals surface area contributed by atoms with Crippen molar-refractivity contribution < 1.29 is 9.59 Å². The van der Waals surface area contributed by atoms with Gasteiger partial charge in [0.2, 0.25) is 5.91 Å². The van der Waals surface area contributed by atoms with Gasteiger partial charge in [0.1, 0.15) is 5.82 Å². The van der Waals surface area contributed by atoms with Gasteiger partial charge in [0.15, 0.2) is 0 Å². The van der Waals surface area contributed by atoms with Gasteiger partial charge in [0, 0.05) is 24.0 Å². The van der Waals surface area contributed by atoms with Crippen molar-refractivity contribution in [2.75, 3.05) is 17.2 Å². The number of pyridine rings is 1. The lowest BCUT2D eigenvalue weighted by molar-refractivity contribution is -0.125. The second-order valence-corrected chi connectivity index (χ2v) is 5.90. The van der Waals surface area contributed by atoms with Crippen LogP contribution in [-0.2, 0) is 4.79 Å². The second-order valence-electron chi connectivity index (χ2n) is 5.90. The first-order valence-corrected chi connectivity index (χ1v) is 8.38. The van der Waals surface area contributed by atoms with Crippen LogP contribution in [0.2, 0.25) is 0 Å². The molecule has 0 unspecified atom stereocenters. The smallest absolute Gasteiger partial charge is 0.256 e. The van der Waals surface area contributed by atoms with Gasteiger partial charge in [0.05, 0.1) is 5.41 Å². The molecule has 0 bridgehead atoms. The Morgan fingerprint density at radius 1 is 1.08 bits per heavy atom. The zero-order valence-corrected chi connectivity index (χ0v) is 14.6. The van der Waals surface area contributed by atoms with Crippen LogP contribution in [0.25, 0.3) is 0 Å². The third kappa shape index (κ3) is 4.42. The Labute approximate surface area is 147 Å². The van der Waals surface area contributed by atoms with Crippen LogP contribution in [0.3, 0.4) is 0 Å². The molecular formula is C19H24N4O2. The Kier molecular flexibility index (Phi) is 6.25. The minimum Gasteiger partial charge on any atom is -0.329 e.